The van der Waals surface area contributed by atoms with Crippen LogP contribution in [0.3, 0.4) is 0 Å². The lowest BCUT2D eigenvalue weighted by molar-refractivity contribution is 0.506. The van der Waals surface area contributed by atoms with Crippen LogP contribution in [-0.4, -0.2) is 19.7 Å². The van der Waals surface area contributed by atoms with Gasteiger partial charge in [0.25, 0.3) is 5.56 Å². The first-order chi connectivity index (χ1) is 15.2. The maximum atomic E-state index is 12.9. The summed E-state index contributed by atoms with van der Waals surface area (Å²) in [5.74, 6) is -0.112. The van der Waals surface area contributed by atoms with E-state index in [4.69, 9.17) is 0 Å². The van der Waals surface area contributed by atoms with Gasteiger partial charge in [-0.2, -0.15) is 9.61 Å². The molecule has 0 fully saturated rings. The lowest BCUT2D eigenvalue weighted by Crippen LogP contribution is -2.34. The monoisotopic (exact) mass is 423 g/mol. The second-order valence-electron chi connectivity index (χ2n) is 6.92. The minimum absolute atomic E-state index is 0.112. The van der Waals surface area contributed by atoms with Crippen LogP contribution >= 0.6 is 11.8 Å². The van der Waals surface area contributed by atoms with Gasteiger partial charge in [-0.25, -0.2) is 4.98 Å². The van der Waals surface area contributed by atoms with E-state index in [-0.39, 0.29) is 11.0 Å². The highest BCUT2D eigenvalue weighted by Gasteiger charge is 2.13. The number of aliphatic hydroxyl groups is 1. The number of nitrogens with zero attached hydrogens (tertiary/aromatic N) is 3. The van der Waals surface area contributed by atoms with Crippen molar-refractivity contribution < 1.29 is 5.11 Å². The SMILES string of the molecule is O=c1c(=C(O)c2ccccc2)cnc2c(-c3ccc(Sc4ccccc4)cc3)cnn12. The van der Waals surface area contributed by atoms with E-state index in [0.717, 1.165) is 16.0 Å². The number of rotatable bonds is 4. The molecule has 0 spiro atoms. The van der Waals surface area contributed by atoms with Crippen LogP contribution in [0.15, 0.2) is 112 Å². The Kier molecular flexibility index (Phi) is 4.98. The fourth-order valence-corrected chi connectivity index (χ4v) is 4.19. The van der Waals surface area contributed by atoms with Gasteiger partial charge in [0.05, 0.1) is 6.20 Å². The van der Waals surface area contributed by atoms with E-state index >= 15 is 0 Å². The average Bonchev–Trinajstić information content (AvgIpc) is 3.26. The highest BCUT2D eigenvalue weighted by Crippen LogP contribution is 2.30. The molecule has 31 heavy (non-hydrogen) atoms. The number of benzene rings is 3. The molecule has 3 aromatic carbocycles. The summed E-state index contributed by atoms with van der Waals surface area (Å²) < 4.78 is 1.23. The van der Waals surface area contributed by atoms with Crippen molar-refractivity contribution in [2.24, 2.45) is 0 Å². The second-order valence-corrected chi connectivity index (χ2v) is 8.07. The van der Waals surface area contributed by atoms with Crippen molar-refractivity contribution in [1.29, 1.82) is 0 Å². The summed E-state index contributed by atoms with van der Waals surface area (Å²) >= 11 is 1.69. The molecular formula is C25H17N3O2S. The van der Waals surface area contributed by atoms with Crippen LogP contribution in [-0.2, 0) is 0 Å². The Morgan fingerprint density at radius 2 is 1.45 bits per heavy atom. The standard InChI is InChI=1S/C25H17N3O2S/c29-23(18-7-3-1-4-8-18)22-15-26-24-21(16-27-28(24)25(22)30)17-11-13-20(14-12-17)31-19-9-5-2-6-10-19/h1-16,29H. The highest BCUT2D eigenvalue weighted by molar-refractivity contribution is 7.99. The Morgan fingerprint density at radius 1 is 0.806 bits per heavy atom. The maximum absolute atomic E-state index is 12.9. The van der Waals surface area contributed by atoms with Gasteiger partial charge >= 0.3 is 0 Å². The number of aliphatic hydroxyl groups excluding tert-OH is 1. The molecule has 2 aromatic heterocycles. The van der Waals surface area contributed by atoms with Crippen molar-refractivity contribution in [3.8, 4) is 11.1 Å². The molecule has 5 rings (SSSR count). The fraction of sp³-hybridized carbons (Fsp3) is 0. The Morgan fingerprint density at radius 3 is 2.16 bits per heavy atom. The van der Waals surface area contributed by atoms with Crippen molar-refractivity contribution in [1.82, 2.24) is 14.6 Å². The van der Waals surface area contributed by atoms with Crippen molar-refractivity contribution >= 4 is 23.2 Å². The molecule has 6 heteroatoms. The Balaban J connectivity index is 1.52. The molecule has 0 aliphatic heterocycles. The molecular weight excluding hydrogens is 406 g/mol. The molecule has 5 aromatic rings. The van der Waals surface area contributed by atoms with E-state index in [1.807, 2.05) is 48.5 Å². The van der Waals surface area contributed by atoms with Gasteiger partial charge in [0.2, 0.25) is 0 Å². The largest absolute Gasteiger partial charge is 0.506 e. The molecule has 1 N–H and O–H groups in total. The van der Waals surface area contributed by atoms with E-state index in [2.05, 4.69) is 22.2 Å². The normalized spacial score (nSPS) is 12.1. The predicted molar refractivity (Wildman–Crippen MR) is 122 cm³/mol. The van der Waals surface area contributed by atoms with E-state index < -0.39 is 5.56 Å². The zero-order chi connectivity index (χ0) is 21.2. The van der Waals surface area contributed by atoms with Crippen LogP contribution in [0.1, 0.15) is 5.56 Å². The van der Waals surface area contributed by atoms with E-state index in [1.54, 1.807) is 42.2 Å². The molecule has 0 aliphatic rings. The topological polar surface area (TPSA) is 67.5 Å². The summed E-state index contributed by atoms with van der Waals surface area (Å²) in [6.45, 7) is 0. The maximum Gasteiger partial charge on any atom is 0.285 e. The summed E-state index contributed by atoms with van der Waals surface area (Å²) in [4.78, 5) is 19.6. The van der Waals surface area contributed by atoms with Crippen molar-refractivity contribution in [2.75, 3.05) is 0 Å². The molecule has 0 radical (unpaired) electrons. The van der Waals surface area contributed by atoms with Gasteiger partial charge in [0, 0.05) is 27.1 Å². The third-order valence-electron chi connectivity index (χ3n) is 4.93. The zero-order valence-corrected chi connectivity index (χ0v) is 17.2. The Hall–Kier alpha value is -3.90. The third-order valence-corrected chi connectivity index (χ3v) is 5.94. The van der Waals surface area contributed by atoms with Crippen molar-refractivity contribution in [3.63, 3.8) is 0 Å². The molecule has 0 saturated heterocycles. The summed E-state index contributed by atoms with van der Waals surface area (Å²) in [5, 5.41) is 14.9. The number of hydrogen-bond donors (Lipinski definition) is 1. The molecule has 0 atom stereocenters. The molecule has 0 amide bonds. The molecule has 150 valence electrons. The van der Waals surface area contributed by atoms with Gasteiger partial charge in [-0.15, -0.1) is 0 Å². The zero-order valence-electron chi connectivity index (χ0n) is 16.3. The number of hydrogen-bond acceptors (Lipinski definition) is 5. The van der Waals surface area contributed by atoms with Gasteiger partial charge in [0.15, 0.2) is 5.65 Å². The summed E-state index contributed by atoms with van der Waals surface area (Å²) in [7, 11) is 0. The summed E-state index contributed by atoms with van der Waals surface area (Å²) in [6, 6.07) is 27.2. The Bertz CT molecular complexity index is 1470. The lowest BCUT2D eigenvalue weighted by atomic mass is 10.1. The molecule has 0 saturated carbocycles. The van der Waals surface area contributed by atoms with Crippen molar-refractivity contribution in [3.05, 3.63) is 118 Å². The first-order valence-electron chi connectivity index (χ1n) is 9.69. The van der Waals surface area contributed by atoms with Crippen LogP contribution < -0.4 is 10.8 Å². The van der Waals surface area contributed by atoms with Gasteiger partial charge < -0.3 is 5.11 Å². The van der Waals surface area contributed by atoms with E-state index in [0.29, 0.717) is 11.2 Å². The molecule has 0 unspecified atom stereocenters. The van der Waals surface area contributed by atoms with E-state index in [1.165, 1.54) is 15.6 Å². The first kappa shape index (κ1) is 19.1. The summed E-state index contributed by atoms with van der Waals surface area (Å²) in [5.41, 5.74) is 2.29. The minimum atomic E-state index is -0.408. The van der Waals surface area contributed by atoms with Gasteiger partial charge in [-0.1, -0.05) is 72.4 Å². The lowest BCUT2D eigenvalue weighted by Gasteiger charge is -2.04. The average molecular weight is 423 g/mol. The van der Waals surface area contributed by atoms with Gasteiger partial charge in [-0.05, 0) is 29.8 Å². The number of aromatic nitrogens is 3. The number of fused-ring (bicyclic) bond motifs is 1. The molecule has 5 nitrogen and oxygen atoms in total. The fourth-order valence-electron chi connectivity index (χ4n) is 3.35. The minimum Gasteiger partial charge on any atom is -0.506 e. The predicted octanol–water partition coefficient (Wildman–Crippen LogP) is 4.34. The van der Waals surface area contributed by atoms with Crippen LogP contribution in [0.5, 0.6) is 0 Å². The third kappa shape index (κ3) is 3.69. The van der Waals surface area contributed by atoms with Gasteiger partial charge in [-0.3, -0.25) is 4.79 Å². The van der Waals surface area contributed by atoms with Crippen LogP contribution in [0.4, 0.5) is 0 Å². The van der Waals surface area contributed by atoms with Crippen molar-refractivity contribution in [2.45, 2.75) is 9.79 Å². The van der Waals surface area contributed by atoms with Crippen LogP contribution in [0, 0.1) is 0 Å². The summed E-state index contributed by atoms with van der Waals surface area (Å²) in [6.07, 6.45) is 3.04. The smallest absolute Gasteiger partial charge is 0.285 e. The van der Waals surface area contributed by atoms with Crippen LogP contribution in [0.2, 0.25) is 0 Å². The molecule has 2 heterocycles. The molecule has 0 bridgehead atoms. The molecule has 0 aliphatic carbocycles. The Labute approximate surface area is 182 Å². The van der Waals surface area contributed by atoms with Crippen LogP contribution in [0.25, 0.3) is 22.5 Å². The second kappa shape index (κ2) is 8.08. The highest BCUT2D eigenvalue weighted by atomic mass is 32.2. The quantitative estimate of drug-likeness (QED) is 0.466. The first-order valence-corrected chi connectivity index (χ1v) is 10.5. The van der Waals surface area contributed by atoms with Gasteiger partial charge in [0.1, 0.15) is 11.0 Å². The van der Waals surface area contributed by atoms with E-state index in [9.17, 15) is 9.90 Å².